The van der Waals surface area contributed by atoms with Crippen molar-refractivity contribution in [2.75, 3.05) is 19.5 Å². The molecule has 0 unspecified atom stereocenters. The number of methoxy groups -OCH3 is 1. The monoisotopic (exact) mass is 272 g/mol. The Bertz CT molecular complexity index is 616. The summed E-state index contributed by atoms with van der Waals surface area (Å²) in [7, 11) is 1.56. The third-order valence-corrected chi connectivity index (χ3v) is 2.71. The second kappa shape index (κ2) is 6.48. The van der Waals surface area contributed by atoms with Crippen molar-refractivity contribution >= 4 is 5.82 Å². The van der Waals surface area contributed by atoms with E-state index >= 15 is 0 Å². The fourth-order valence-electron chi connectivity index (χ4n) is 1.76. The van der Waals surface area contributed by atoms with Crippen LogP contribution in [0.4, 0.5) is 5.82 Å². The van der Waals surface area contributed by atoms with Gasteiger partial charge in [-0.3, -0.25) is 4.68 Å². The molecule has 0 atom stereocenters. The molecular weight excluding hydrogens is 256 g/mol. The number of ether oxygens (including phenoxy) is 2. The molecule has 20 heavy (non-hydrogen) atoms. The molecule has 2 aromatic rings. The first-order valence-electron chi connectivity index (χ1n) is 6.22. The molecule has 0 saturated carbocycles. The number of rotatable bonds is 6. The summed E-state index contributed by atoms with van der Waals surface area (Å²) in [6.07, 6.45) is 2.62. The molecule has 0 bridgehead atoms. The first-order valence-corrected chi connectivity index (χ1v) is 6.22. The molecule has 0 spiro atoms. The van der Waals surface area contributed by atoms with Gasteiger partial charge in [0.2, 0.25) is 0 Å². The minimum Gasteiger partial charge on any atom is -0.497 e. The summed E-state index contributed by atoms with van der Waals surface area (Å²) in [6, 6.07) is 8.94. The predicted octanol–water partition coefficient (Wildman–Crippen LogP) is 1.81. The lowest BCUT2D eigenvalue weighted by Gasteiger charge is -2.08. The average Bonchev–Trinajstić information content (AvgIpc) is 2.88. The molecule has 0 aliphatic carbocycles. The molecule has 104 valence electrons. The number of anilines is 1. The van der Waals surface area contributed by atoms with Crippen molar-refractivity contribution in [2.45, 2.75) is 13.0 Å². The number of hydrogen-bond acceptors (Lipinski definition) is 5. The van der Waals surface area contributed by atoms with Crippen molar-refractivity contribution < 1.29 is 9.47 Å². The second-order valence-corrected chi connectivity index (χ2v) is 4.21. The summed E-state index contributed by atoms with van der Waals surface area (Å²) in [5.74, 6) is 1.75. The van der Waals surface area contributed by atoms with Crippen molar-refractivity contribution in [3.05, 3.63) is 36.0 Å². The molecular formula is C14H16N4O2. The molecule has 0 aliphatic rings. The van der Waals surface area contributed by atoms with E-state index in [9.17, 15) is 0 Å². The highest BCUT2D eigenvalue weighted by atomic mass is 16.5. The maximum Gasteiger partial charge on any atom is 0.145 e. The molecule has 1 aromatic carbocycles. The number of aromatic nitrogens is 2. The van der Waals surface area contributed by atoms with Gasteiger partial charge in [-0.25, -0.2) is 0 Å². The zero-order valence-electron chi connectivity index (χ0n) is 11.2. The van der Waals surface area contributed by atoms with Crippen molar-refractivity contribution in [1.29, 1.82) is 5.26 Å². The number of nitrogen functional groups attached to an aromatic ring is 1. The fourth-order valence-corrected chi connectivity index (χ4v) is 1.76. The minimum absolute atomic E-state index is 0.511. The maximum absolute atomic E-state index is 8.92. The van der Waals surface area contributed by atoms with E-state index < -0.39 is 0 Å². The van der Waals surface area contributed by atoms with E-state index in [0.717, 1.165) is 13.0 Å². The van der Waals surface area contributed by atoms with E-state index in [1.54, 1.807) is 36.1 Å². The molecule has 0 saturated heterocycles. The highest BCUT2D eigenvalue weighted by Crippen LogP contribution is 2.22. The minimum atomic E-state index is 0.511. The summed E-state index contributed by atoms with van der Waals surface area (Å²) >= 11 is 0. The number of aryl methyl sites for hydroxylation is 1. The molecule has 6 nitrogen and oxygen atoms in total. The topological polar surface area (TPSA) is 86.1 Å². The van der Waals surface area contributed by atoms with Crippen LogP contribution in [0.2, 0.25) is 0 Å². The molecule has 0 fully saturated rings. The SMILES string of the molecule is COc1cc(C#N)cc(OCCCn2ccc(N)n2)c1. The van der Waals surface area contributed by atoms with Gasteiger partial charge in [-0.15, -0.1) is 0 Å². The second-order valence-electron chi connectivity index (χ2n) is 4.21. The Morgan fingerprint density at radius 2 is 2.15 bits per heavy atom. The van der Waals surface area contributed by atoms with Gasteiger partial charge in [0, 0.05) is 25.2 Å². The molecule has 1 heterocycles. The van der Waals surface area contributed by atoms with Crippen LogP contribution in [0.15, 0.2) is 30.5 Å². The highest BCUT2D eigenvalue weighted by Gasteiger charge is 2.02. The normalized spacial score (nSPS) is 10.0. The summed E-state index contributed by atoms with van der Waals surface area (Å²) in [5, 5.41) is 13.0. The van der Waals surface area contributed by atoms with Crippen LogP contribution in [0.25, 0.3) is 0 Å². The van der Waals surface area contributed by atoms with Gasteiger partial charge in [-0.05, 0) is 18.2 Å². The van der Waals surface area contributed by atoms with Gasteiger partial charge >= 0.3 is 0 Å². The van der Waals surface area contributed by atoms with Gasteiger partial charge in [-0.2, -0.15) is 10.4 Å². The fraction of sp³-hybridized carbons (Fsp3) is 0.286. The first kappa shape index (κ1) is 13.7. The Hall–Kier alpha value is -2.68. The largest absolute Gasteiger partial charge is 0.497 e. The summed E-state index contributed by atoms with van der Waals surface area (Å²) in [4.78, 5) is 0. The summed E-state index contributed by atoms with van der Waals surface area (Å²) < 4.78 is 12.5. The van der Waals surface area contributed by atoms with Crippen LogP contribution < -0.4 is 15.2 Å². The number of benzene rings is 1. The highest BCUT2D eigenvalue weighted by molar-refractivity contribution is 5.43. The summed E-state index contributed by atoms with van der Waals surface area (Å²) in [5.41, 5.74) is 6.04. The van der Waals surface area contributed by atoms with E-state index in [2.05, 4.69) is 11.2 Å². The molecule has 1 aromatic heterocycles. The Morgan fingerprint density at radius 3 is 2.80 bits per heavy atom. The molecule has 2 N–H and O–H groups in total. The zero-order chi connectivity index (χ0) is 14.4. The van der Waals surface area contributed by atoms with Crippen molar-refractivity contribution in [3.8, 4) is 17.6 Å². The molecule has 6 heteroatoms. The van der Waals surface area contributed by atoms with E-state index in [0.29, 0.717) is 29.5 Å². The lowest BCUT2D eigenvalue weighted by Crippen LogP contribution is -2.05. The van der Waals surface area contributed by atoms with Crippen LogP contribution in [0.3, 0.4) is 0 Å². The molecule has 0 amide bonds. The van der Waals surface area contributed by atoms with E-state index in [1.165, 1.54) is 0 Å². The van der Waals surface area contributed by atoms with Gasteiger partial charge < -0.3 is 15.2 Å². The maximum atomic E-state index is 8.92. The van der Waals surface area contributed by atoms with Gasteiger partial charge in [0.1, 0.15) is 17.3 Å². The average molecular weight is 272 g/mol. The lowest BCUT2D eigenvalue weighted by atomic mass is 10.2. The van der Waals surface area contributed by atoms with E-state index in [4.69, 9.17) is 20.5 Å². The van der Waals surface area contributed by atoms with Gasteiger partial charge in [0.05, 0.1) is 25.3 Å². The quantitative estimate of drug-likeness (QED) is 0.810. The van der Waals surface area contributed by atoms with Crippen LogP contribution in [-0.2, 0) is 6.54 Å². The third kappa shape index (κ3) is 3.65. The Morgan fingerprint density at radius 1 is 1.35 bits per heavy atom. The van der Waals surface area contributed by atoms with Crippen LogP contribution >= 0.6 is 0 Å². The predicted molar refractivity (Wildman–Crippen MR) is 74.5 cm³/mol. The van der Waals surface area contributed by atoms with Gasteiger partial charge in [0.15, 0.2) is 0 Å². The van der Waals surface area contributed by atoms with Crippen molar-refractivity contribution in [2.24, 2.45) is 0 Å². The lowest BCUT2D eigenvalue weighted by molar-refractivity contribution is 0.296. The van der Waals surface area contributed by atoms with Crippen molar-refractivity contribution in [1.82, 2.24) is 9.78 Å². The number of nitrogens with two attached hydrogens (primary N) is 1. The van der Waals surface area contributed by atoms with Crippen LogP contribution in [0, 0.1) is 11.3 Å². The van der Waals surface area contributed by atoms with Gasteiger partial charge in [0.25, 0.3) is 0 Å². The van der Waals surface area contributed by atoms with Crippen LogP contribution in [0.5, 0.6) is 11.5 Å². The Kier molecular flexibility index (Phi) is 4.45. The third-order valence-electron chi connectivity index (χ3n) is 2.71. The van der Waals surface area contributed by atoms with Crippen LogP contribution in [0.1, 0.15) is 12.0 Å². The molecule has 2 rings (SSSR count). The summed E-state index contributed by atoms with van der Waals surface area (Å²) in [6.45, 7) is 1.25. The molecule has 0 radical (unpaired) electrons. The van der Waals surface area contributed by atoms with Gasteiger partial charge in [-0.1, -0.05) is 0 Å². The Balaban J connectivity index is 1.86. The zero-order valence-corrected chi connectivity index (χ0v) is 11.2. The Labute approximate surface area is 117 Å². The van der Waals surface area contributed by atoms with Crippen LogP contribution in [-0.4, -0.2) is 23.5 Å². The number of nitrogens with zero attached hydrogens (tertiary/aromatic N) is 3. The smallest absolute Gasteiger partial charge is 0.145 e. The van der Waals surface area contributed by atoms with E-state index in [-0.39, 0.29) is 0 Å². The molecule has 0 aliphatic heterocycles. The number of hydrogen-bond donors (Lipinski definition) is 1. The number of nitriles is 1. The first-order chi connectivity index (χ1) is 9.71. The standard InChI is InChI=1S/C14H16N4O2/c1-19-12-7-11(10-15)8-13(9-12)20-6-2-4-18-5-3-14(16)17-18/h3,5,7-9H,2,4,6H2,1H3,(H2,16,17). The van der Waals surface area contributed by atoms with Crippen molar-refractivity contribution in [3.63, 3.8) is 0 Å². The van der Waals surface area contributed by atoms with E-state index in [1.807, 2.05) is 6.20 Å².